The highest BCUT2D eigenvalue weighted by Crippen LogP contribution is 2.25. The zero-order valence-electron chi connectivity index (χ0n) is 8.27. The maximum absolute atomic E-state index is 5.30. The van der Waals surface area contributed by atoms with Crippen LogP contribution in [-0.2, 0) is 4.74 Å². The first-order valence-electron chi connectivity index (χ1n) is 4.85. The van der Waals surface area contributed by atoms with Gasteiger partial charge in [0.05, 0.1) is 12.8 Å². The van der Waals surface area contributed by atoms with Gasteiger partial charge in [-0.05, 0) is 18.9 Å². The summed E-state index contributed by atoms with van der Waals surface area (Å²) >= 11 is 0. The van der Waals surface area contributed by atoms with Crippen LogP contribution < -0.4 is 4.74 Å². The molecule has 0 radical (unpaired) electrons. The molecule has 1 aliphatic rings. The van der Waals surface area contributed by atoms with Crippen LogP contribution in [0.3, 0.4) is 0 Å². The Hall–Kier alpha value is -1.16. The van der Waals surface area contributed by atoms with E-state index in [-0.39, 0.29) is 0 Å². The van der Waals surface area contributed by atoms with Gasteiger partial charge in [-0.15, -0.1) is 0 Å². The van der Waals surface area contributed by atoms with Crippen molar-refractivity contribution in [2.75, 3.05) is 20.3 Å². The summed E-state index contributed by atoms with van der Waals surface area (Å²) in [6, 6.07) is 2.41. The van der Waals surface area contributed by atoms with Crippen molar-refractivity contribution in [2.24, 2.45) is 0 Å². The average Bonchev–Trinajstić information content (AvgIpc) is 2.30. The highest BCUT2D eigenvalue weighted by Gasteiger charge is 2.17. The third-order valence-corrected chi connectivity index (χ3v) is 2.48. The minimum absolute atomic E-state index is 0.453. The number of rotatable bonds is 2. The molecular weight excluding hydrogens is 180 g/mol. The first kappa shape index (κ1) is 9.40. The Bertz CT molecular complexity index is 298. The molecule has 0 bridgehead atoms. The van der Waals surface area contributed by atoms with Crippen molar-refractivity contribution in [3.63, 3.8) is 0 Å². The minimum Gasteiger partial charge on any atom is -0.467 e. The lowest BCUT2D eigenvalue weighted by molar-refractivity contribution is 0.0843. The molecule has 0 spiro atoms. The number of aromatic nitrogens is 2. The molecule has 4 nitrogen and oxygen atoms in total. The van der Waals surface area contributed by atoms with Crippen LogP contribution in [0.5, 0.6) is 6.01 Å². The summed E-state index contributed by atoms with van der Waals surface area (Å²) in [6.45, 7) is 1.66. The summed E-state index contributed by atoms with van der Waals surface area (Å²) in [5.74, 6) is 0.501. The zero-order valence-corrected chi connectivity index (χ0v) is 8.27. The molecule has 1 aliphatic heterocycles. The quantitative estimate of drug-likeness (QED) is 0.713. The Balaban J connectivity index is 2.13. The number of nitrogens with zero attached hydrogens (tertiary/aromatic N) is 2. The molecule has 76 valence electrons. The molecular formula is C10H14N2O2. The summed E-state index contributed by atoms with van der Waals surface area (Å²) in [5.41, 5.74) is 1.07. The SMILES string of the molecule is COc1nccc(C2CCOCC2)n1. The predicted molar refractivity (Wildman–Crippen MR) is 51.4 cm³/mol. The lowest BCUT2D eigenvalue weighted by Crippen LogP contribution is -2.15. The van der Waals surface area contributed by atoms with Gasteiger partial charge in [-0.25, -0.2) is 4.98 Å². The van der Waals surface area contributed by atoms with Crippen molar-refractivity contribution in [3.05, 3.63) is 18.0 Å². The topological polar surface area (TPSA) is 44.2 Å². The van der Waals surface area contributed by atoms with E-state index in [1.54, 1.807) is 13.3 Å². The number of hydrogen-bond donors (Lipinski definition) is 0. The van der Waals surface area contributed by atoms with Gasteiger partial charge in [0.25, 0.3) is 0 Å². The fourth-order valence-electron chi connectivity index (χ4n) is 1.67. The molecule has 0 atom stereocenters. The standard InChI is InChI=1S/C10H14N2O2/c1-13-10-11-5-2-9(12-10)8-3-6-14-7-4-8/h2,5,8H,3-4,6-7H2,1H3. The molecule has 0 aliphatic carbocycles. The van der Waals surface area contributed by atoms with Gasteiger partial charge in [-0.2, -0.15) is 4.98 Å². The first-order valence-corrected chi connectivity index (χ1v) is 4.85. The summed E-state index contributed by atoms with van der Waals surface area (Å²) in [5, 5.41) is 0. The van der Waals surface area contributed by atoms with Crippen LogP contribution in [0.1, 0.15) is 24.5 Å². The van der Waals surface area contributed by atoms with Gasteiger partial charge in [0, 0.05) is 25.3 Å². The van der Waals surface area contributed by atoms with E-state index in [4.69, 9.17) is 9.47 Å². The molecule has 2 rings (SSSR count). The zero-order chi connectivity index (χ0) is 9.80. The van der Waals surface area contributed by atoms with Gasteiger partial charge in [-0.3, -0.25) is 0 Å². The molecule has 2 heterocycles. The van der Waals surface area contributed by atoms with Crippen LogP contribution in [0.4, 0.5) is 0 Å². The Morgan fingerprint density at radius 1 is 1.43 bits per heavy atom. The molecule has 14 heavy (non-hydrogen) atoms. The second kappa shape index (κ2) is 4.37. The fourth-order valence-corrected chi connectivity index (χ4v) is 1.67. The van der Waals surface area contributed by atoms with Crippen LogP contribution in [0.2, 0.25) is 0 Å². The third kappa shape index (κ3) is 2.01. The fraction of sp³-hybridized carbons (Fsp3) is 0.600. The highest BCUT2D eigenvalue weighted by molar-refractivity contribution is 5.11. The van der Waals surface area contributed by atoms with Crippen molar-refractivity contribution >= 4 is 0 Å². The molecule has 0 saturated carbocycles. The van der Waals surface area contributed by atoms with Crippen LogP contribution >= 0.6 is 0 Å². The van der Waals surface area contributed by atoms with Crippen molar-refractivity contribution < 1.29 is 9.47 Å². The van der Waals surface area contributed by atoms with Crippen LogP contribution in [0.15, 0.2) is 12.3 Å². The van der Waals surface area contributed by atoms with Crippen molar-refractivity contribution in [1.29, 1.82) is 0 Å². The molecule has 1 fully saturated rings. The number of hydrogen-bond acceptors (Lipinski definition) is 4. The molecule has 0 aromatic carbocycles. The van der Waals surface area contributed by atoms with Crippen molar-refractivity contribution in [2.45, 2.75) is 18.8 Å². The van der Waals surface area contributed by atoms with Crippen LogP contribution in [0.25, 0.3) is 0 Å². The molecule has 0 amide bonds. The molecule has 1 aromatic heterocycles. The van der Waals surface area contributed by atoms with Crippen LogP contribution in [-0.4, -0.2) is 30.3 Å². The van der Waals surface area contributed by atoms with Gasteiger partial charge in [0.15, 0.2) is 0 Å². The second-order valence-corrected chi connectivity index (χ2v) is 3.35. The Kier molecular flexibility index (Phi) is 2.93. The van der Waals surface area contributed by atoms with E-state index in [1.807, 2.05) is 6.07 Å². The molecule has 1 saturated heterocycles. The molecule has 0 unspecified atom stereocenters. The maximum Gasteiger partial charge on any atom is 0.316 e. The van der Waals surface area contributed by atoms with E-state index in [0.717, 1.165) is 31.7 Å². The van der Waals surface area contributed by atoms with Gasteiger partial charge in [0.1, 0.15) is 0 Å². The van der Waals surface area contributed by atoms with Gasteiger partial charge in [0.2, 0.25) is 0 Å². The molecule has 1 aromatic rings. The third-order valence-electron chi connectivity index (χ3n) is 2.48. The van der Waals surface area contributed by atoms with Gasteiger partial charge >= 0.3 is 6.01 Å². The average molecular weight is 194 g/mol. The lowest BCUT2D eigenvalue weighted by atomic mass is 9.96. The highest BCUT2D eigenvalue weighted by atomic mass is 16.5. The predicted octanol–water partition coefficient (Wildman–Crippen LogP) is 1.38. The van der Waals surface area contributed by atoms with Crippen LogP contribution in [0, 0.1) is 0 Å². The summed E-state index contributed by atoms with van der Waals surface area (Å²) in [6.07, 6.45) is 3.83. The number of ether oxygens (including phenoxy) is 2. The van der Waals surface area contributed by atoms with Gasteiger partial charge in [-0.1, -0.05) is 0 Å². The smallest absolute Gasteiger partial charge is 0.316 e. The first-order chi connectivity index (χ1) is 6.90. The van der Waals surface area contributed by atoms with E-state index >= 15 is 0 Å². The van der Waals surface area contributed by atoms with Crippen molar-refractivity contribution in [3.8, 4) is 6.01 Å². The van der Waals surface area contributed by atoms with Gasteiger partial charge < -0.3 is 9.47 Å². The van der Waals surface area contributed by atoms with E-state index in [2.05, 4.69) is 9.97 Å². The second-order valence-electron chi connectivity index (χ2n) is 3.35. The van der Waals surface area contributed by atoms with Crippen molar-refractivity contribution in [1.82, 2.24) is 9.97 Å². The monoisotopic (exact) mass is 194 g/mol. The molecule has 0 N–H and O–H groups in total. The Labute approximate surface area is 83.3 Å². The number of methoxy groups -OCH3 is 1. The summed E-state index contributed by atoms with van der Waals surface area (Å²) in [7, 11) is 1.59. The summed E-state index contributed by atoms with van der Waals surface area (Å²) < 4.78 is 10.3. The Morgan fingerprint density at radius 2 is 2.21 bits per heavy atom. The normalized spacial score (nSPS) is 18.1. The maximum atomic E-state index is 5.30. The summed E-state index contributed by atoms with van der Waals surface area (Å²) in [4.78, 5) is 8.31. The Morgan fingerprint density at radius 3 is 2.93 bits per heavy atom. The van der Waals surface area contributed by atoms with E-state index in [9.17, 15) is 0 Å². The van der Waals surface area contributed by atoms with E-state index in [1.165, 1.54) is 0 Å². The minimum atomic E-state index is 0.453. The van der Waals surface area contributed by atoms with E-state index < -0.39 is 0 Å². The lowest BCUT2D eigenvalue weighted by Gasteiger charge is -2.21. The largest absolute Gasteiger partial charge is 0.467 e. The molecule has 4 heteroatoms. The van der Waals surface area contributed by atoms with E-state index in [0.29, 0.717) is 11.9 Å².